The van der Waals surface area contributed by atoms with Gasteiger partial charge in [-0.2, -0.15) is 0 Å². The molecule has 1 aliphatic rings. The highest BCUT2D eigenvalue weighted by atomic mass is 79.9. The average molecular weight is 477 g/mol. The van der Waals surface area contributed by atoms with Gasteiger partial charge in [-0.05, 0) is 49.6 Å². The Kier molecular flexibility index (Phi) is 7.85. The van der Waals surface area contributed by atoms with Gasteiger partial charge in [0.15, 0.2) is 18.2 Å². The van der Waals surface area contributed by atoms with Crippen LogP contribution >= 0.6 is 15.9 Å². The Bertz CT molecular complexity index is 869. The summed E-state index contributed by atoms with van der Waals surface area (Å²) in [7, 11) is 0. The fraction of sp³-hybridized carbons (Fsp3) is 0.391. The molecule has 0 radical (unpaired) electrons. The molecule has 1 atom stereocenters. The summed E-state index contributed by atoms with van der Waals surface area (Å²) < 4.78 is 20.1. The van der Waals surface area contributed by atoms with Gasteiger partial charge in [-0.3, -0.25) is 9.59 Å². The molecule has 7 heteroatoms. The zero-order chi connectivity index (χ0) is 21.5. The second kappa shape index (κ2) is 10.6. The largest absolute Gasteiger partial charge is 0.481 e. The molecule has 0 bridgehead atoms. The van der Waals surface area contributed by atoms with Gasteiger partial charge in [0, 0.05) is 17.1 Å². The number of nitrogens with one attached hydrogen (secondary N) is 1. The van der Waals surface area contributed by atoms with Crippen LogP contribution in [0.4, 0.5) is 4.39 Å². The van der Waals surface area contributed by atoms with E-state index < -0.39 is 11.9 Å². The third-order valence-corrected chi connectivity index (χ3v) is 5.85. The molecule has 0 aliphatic heterocycles. The fourth-order valence-corrected chi connectivity index (χ4v) is 3.81. The Morgan fingerprint density at radius 2 is 1.83 bits per heavy atom. The molecule has 0 unspecified atom stereocenters. The summed E-state index contributed by atoms with van der Waals surface area (Å²) >= 11 is 3.40. The quantitative estimate of drug-likeness (QED) is 0.612. The summed E-state index contributed by atoms with van der Waals surface area (Å²) in [6, 6.07) is 13.0. The number of para-hydroxylation sites is 1. The maximum atomic E-state index is 13.8. The van der Waals surface area contributed by atoms with Crippen molar-refractivity contribution in [2.24, 2.45) is 0 Å². The maximum Gasteiger partial charge on any atom is 0.261 e. The number of ether oxygens (including phenoxy) is 1. The maximum absolute atomic E-state index is 13.8. The molecular formula is C23H26BrFN2O3. The lowest BCUT2D eigenvalue weighted by atomic mass is 10.1. The van der Waals surface area contributed by atoms with E-state index >= 15 is 0 Å². The third-order valence-electron chi connectivity index (χ3n) is 5.32. The molecule has 160 valence electrons. The van der Waals surface area contributed by atoms with Crippen molar-refractivity contribution in [3.05, 3.63) is 64.4 Å². The van der Waals surface area contributed by atoms with Crippen molar-refractivity contribution in [2.75, 3.05) is 6.61 Å². The van der Waals surface area contributed by atoms with Crippen molar-refractivity contribution in [2.45, 2.75) is 51.2 Å². The minimum absolute atomic E-state index is 0.0116. The van der Waals surface area contributed by atoms with Crippen LogP contribution in [0.5, 0.6) is 5.75 Å². The lowest BCUT2D eigenvalue weighted by Gasteiger charge is -2.29. The predicted molar refractivity (Wildman–Crippen MR) is 116 cm³/mol. The number of benzene rings is 2. The Hall–Kier alpha value is -2.41. The summed E-state index contributed by atoms with van der Waals surface area (Å²) in [6.45, 7) is 1.62. The minimum atomic E-state index is -0.675. The van der Waals surface area contributed by atoms with Gasteiger partial charge >= 0.3 is 0 Å². The molecule has 0 heterocycles. The Morgan fingerprint density at radius 1 is 1.17 bits per heavy atom. The molecule has 0 saturated heterocycles. The van der Waals surface area contributed by atoms with E-state index in [0.717, 1.165) is 35.7 Å². The van der Waals surface area contributed by atoms with Crippen molar-refractivity contribution in [1.82, 2.24) is 10.2 Å². The van der Waals surface area contributed by atoms with Gasteiger partial charge in [0.1, 0.15) is 6.04 Å². The van der Waals surface area contributed by atoms with E-state index in [4.69, 9.17) is 4.74 Å². The summed E-state index contributed by atoms with van der Waals surface area (Å²) in [6.07, 6.45) is 4.15. The van der Waals surface area contributed by atoms with Gasteiger partial charge in [0.2, 0.25) is 5.91 Å². The van der Waals surface area contributed by atoms with E-state index in [1.807, 2.05) is 24.3 Å². The van der Waals surface area contributed by atoms with Crippen LogP contribution in [0, 0.1) is 5.82 Å². The Labute approximate surface area is 184 Å². The number of hydrogen-bond donors (Lipinski definition) is 1. The van der Waals surface area contributed by atoms with E-state index in [-0.39, 0.29) is 36.8 Å². The van der Waals surface area contributed by atoms with E-state index in [1.54, 1.807) is 19.1 Å². The molecule has 0 spiro atoms. The van der Waals surface area contributed by atoms with Crippen LogP contribution in [-0.4, -0.2) is 35.4 Å². The smallest absolute Gasteiger partial charge is 0.261 e. The van der Waals surface area contributed by atoms with Gasteiger partial charge in [0.25, 0.3) is 5.91 Å². The van der Waals surface area contributed by atoms with Crippen LogP contribution in [0.15, 0.2) is 53.0 Å². The first-order valence-electron chi connectivity index (χ1n) is 10.2. The first-order chi connectivity index (χ1) is 14.4. The minimum Gasteiger partial charge on any atom is -0.481 e. The summed E-state index contributed by atoms with van der Waals surface area (Å²) in [5, 5.41) is 3.05. The summed E-state index contributed by atoms with van der Waals surface area (Å²) in [5.74, 6) is -1.08. The van der Waals surface area contributed by atoms with E-state index in [1.165, 1.54) is 17.0 Å². The Morgan fingerprint density at radius 3 is 2.50 bits per heavy atom. The van der Waals surface area contributed by atoms with Crippen LogP contribution in [-0.2, 0) is 16.1 Å². The molecule has 1 N–H and O–H groups in total. The molecule has 2 amide bonds. The van der Waals surface area contributed by atoms with Gasteiger partial charge in [-0.1, -0.05) is 53.0 Å². The van der Waals surface area contributed by atoms with Crippen LogP contribution < -0.4 is 10.1 Å². The number of carbonyl (C=O) groups is 2. The number of halogens is 2. The number of hydrogen-bond acceptors (Lipinski definition) is 3. The van der Waals surface area contributed by atoms with E-state index in [2.05, 4.69) is 21.2 Å². The summed E-state index contributed by atoms with van der Waals surface area (Å²) in [4.78, 5) is 27.3. The van der Waals surface area contributed by atoms with E-state index in [9.17, 15) is 14.0 Å². The molecule has 2 aromatic rings. The SMILES string of the molecule is C[C@H](C(=O)NC1CCCC1)N(Cc1ccc(Br)cc1)C(=O)COc1ccccc1F. The zero-order valence-electron chi connectivity index (χ0n) is 16.9. The molecular weight excluding hydrogens is 451 g/mol. The van der Waals surface area contributed by atoms with Crippen LogP contribution in [0.1, 0.15) is 38.2 Å². The molecule has 30 heavy (non-hydrogen) atoms. The molecule has 2 aromatic carbocycles. The van der Waals surface area contributed by atoms with Crippen molar-refractivity contribution < 1.29 is 18.7 Å². The first-order valence-corrected chi connectivity index (χ1v) is 10.9. The average Bonchev–Trinajstić information content (AvgIpc) is 3.25. The van der Waals surface area contributed by atoms with Crippen LogP contribution in [0.3, 0.4) is 0 Å². The van der Waals surface area contributed by atoms with Crippen LogP contribution in [0.25, 0.3) is 0 Å². The highest BCUT2D eigenvalue weighted by Crippen LogP contribution is 2.20. The zero-order valence-corrected chi connectivity index (χ0v) is 18.5. The molecule has 5 nitrogen and oxygen atoms in total. The second-order valence-electron chi connectivity index (χ2n) is 7.53. The molecule has 1 fully saturated rings. The standard InChI is InChI=1S/C23H26BrFN2O3/c1-16(23(29)26-19-6-2-3-7-19)27(14-17-10-12-18(24)13-11-17)22(28)15-30-21-9-5-4-8-20(21)25/h4-5,8-13,16,19H,2-3,6-7,14-15H2,1H3,(H,26,29)/t16-/m1/s1. The highest BCUT2D eigenvalue weighted by molar-refractivity contribution is 9.10. The number of rotatable bonds is 8. The van der Waals surface area contributed by atoms with Crippen molar-refractivity contribution in [3.8, 4) is 5.75 Å². The number of carbonyl (C=O) groups excluding carboxylic acids is 2. The highest BCUT2D eigenvalue weighted by Gasteiger charge is 2.28. The van der Waals surface area contributed by atoms with E-state index in [0.29, 0.717) is 0 Å². The predicted octanol–water partition coefficient (Wildman–Crippen LogP) is 4.44. The Balaban J connectivity index is 1.71. The van der Waals surface area contributed by atoms with Crippen molar-refractivity contribution in [3.63, 3.8) is 0 Å². The fourth-order valence-electron chi connectivity index (χ4n) is 3.55. The molecule has 1 saturated carbocycles. The van der Waals surface area contributed by atoms with Gasteiger partial charge < -0.3 is 15.0 Å². The monoisotopic (exact) mass is 476 g/mol. The molecule has 1 aliphatic carbocycles. The summed E-state index contributed by atoms with van der Waals surface area (Å²) in [5.41, 5.74) is 0.887. The third kappa shape index (κ3) is 6.05. The lowest BCUT2D eigenvalue weighted by molar-refractivity contribution is -0.142. The molecule has 3 rings (SSSR count). The first kappa shape index (κ1) is 22.3. The lowest BCUT2D eigenvalue weighted by Crippen LogP contribution is -2.50. The normalized spacial score (nSPS) is 14.9. The topological polar surface area (TPSA) is 58.6 Å². The molecule has 0 aromatic heterocycles. The van der Waals surface area contributed by atoms with Gasteiger partial charge in [-0.15, -0.1) is 0 Å². The van der Waals surface area contributed by atoms with Crippen molar-refractivity contribution in [1.29, 1.82) is 0 Å². The van der Waals surface area contributed by atoms with Gasteiger partial charge in [-0.25, -0.2) is 4.39 Å². The van der Waals surface area contributed by atoms with Gasteiger partial charge in [0.05, 0.1) is 0 Å². The second-order valence-corrected chi connectivity index (χ2v) is 8.45. The number of amides is 2. The van der Waals surface area contributed by atoms with Crippen LogP contribution in [0.2, 0.25) is 0 Å². The van der Waals surface area contributed by atoms with Crippen molar-refractivity contribution >= 4 is 27.7 Å². The number of nitrogens with zero attached hydrogens (tertiary/aromatic N) is 1.